The fourth-order valence-electron chi connectivity index (χ4n) is 2.91. The minimum Gasteiger partial charge on any atom is -0.494 e. The molecular formula is C25H33N3O3S. The van der Waals surface area contributed by atoms with Gasteiger partial charge in [-0.15, -0.1) is 0 Å². The predicted molar refractivity (Wildman–Crippen MR) is 133 cm³/mol. The third-order valence-electron chi connectivity index (χ3n) is 4.98. The Morgan fingerprint density at radius 1 is 0.969 bits per heavy atom. The summed E-state index contributed by atoms with van der Waals surface area (Å²) < 4.78 is 5.71. The highest BCUT2D eigenvalue weighted by molar-refractivity contribution is 7.80. The number of hydrogen-bond donors (Lipinski definition) is 3. The van der Waals surface area contributed by atoms with Crippen molar-refractivity contribution in [2.45, 2.75) is 58.9 Å². The van der Waals surface area contributed by atoms with E-state index in [1.54, 1.807) is 48.5 Å². The van der Waals surface area contributed by atoms with Crippen LogP contribution in [0.4, 0.5) is 5.69 Å². The summed E-state index contributed by atoms with van der Waals surface area (Å²) in [6.45, 7) is 6.82. The van der Waals surface area contributed by atoms with Gasteiger partial charge >= 0.3 is 0 Å². The van der Waals surface area contributed by atoms with E-state index in [2.05, 4.69) is 22.9 Å². The number of carbonyl (C=O) groups is 2. The van der Waals surface area contributed by atoms with Crippen molar-refractivity contribution in [2.75, 3.05) is 11.9 Å². The normalized spacial score (nSPS) is 11.3. The molecule has 0 saturated carbocycles. The van der Waals surface area contributed by atoms with Crippen LogP contribution in [-0.4, -0.2) is 29.6 Å². The van der Waals surface area contributed by atoms with E-state index in [1.165, 1.54) is 12.8 Å². The van der Waals surface area contributed by atoms with Crippen LogP contribution in [0.15, 0.2) is 48.5 Å². The predicted octanol–water partition coefficient (Wildman–Crippen LogP) is 5.30. The Morgan fingerprint density at radius 2 is 1.72 bits per heavy atom. The van der Waals surface area contributed by atoms with Crippen molar-refractivity contribution in [1.29, 1.82) is 0 Å². The van der Waals surface area contributed by atoms with Gasteiger partial charge in [-0.05, 0) is 74.4 Å². The number of thiocarbonyl (C=S) groups is 1. The zero-order valence-electron chi connectivity index (χ0n) is 19.1. The maximum atomic E-state index is 12.5. The first-order valence-corrected chi connectivity index (χ1v) is 11.6. The van der Waals surface area contributed by atoms with Gasteiger partial charge in [0.2, 0.25) is 0 Å². The average Bonchev–Trinajstić information content (AvgIpc) is 2.79. The Hall–Kier alpha value is -2.93. The maximum Gasteiger partial charge on any atom is 0.257 e. The highest BCUT2D eigenvalue weighted by atomic mass is 32.1. The highest BCUT2D eigenvalue weighted by Gasteiger charge is 2.11. The second kappa shape index (κ2) is 13.5. The van der Waals surface area contributed by atoms with E-state index in [4.69, 9.17) is 17.0 Å². The van der Waals surface area contributed by atoms with Crippen LogP contribution in [0.1, 0.15) is 73.6 Å². The standard InChI is InChI=1S/C25H33N3O3S/c1-4-6-7-8-16-31-22-14-12-19(13-15-22)23(29)28-25(32)27-21-11-9-10-20(17-21)24(30)26-18(3)5-2/h9-15,17-18H,4-8,16H2,1-3H3,(H,26,30)(H2,27,28,29,32). The molecule has 32 heavy (non-hydrogen) atoms. The van der Waals surface area contributed by atoms with Crippen LogP contribution in [0.5, 0.6) is 5.75 Å². The Balaban J connectivity index is 1.85. The number of benzene rings is 2. The third-order valence-corrected chi connectivity index (χ3v) is 5.19. The molecule has 172 valence electrons. The van der Waals surface area contributed by atoms with Gasteiger partial charge in [0.15, 0.2) is 5.11 Å². The summed E-state index contributed by atoms with van der Waals surface area (Å²) in [5.74, 6) is 0.277. The van der Waals surface area contributed by atoms with E-state index in [0.29, 0.717) is 23.4 Å². The van der Waals surface area contributed by atoms with Gasteiger partial charge in [0, 0.05) is 22.9 Å². The molecule has 2 aromatic carbocycles. The van der Waals surface area contributed by atoms with Crippen molar-refractivity contribution in [3.8, 4) is 5.75 Å². The molecule has 6 nitrogen and oxygen atoms in total. The summed E-state index contributed by atoms with van der Waals surface area (Å²) >= 11 is 5.26. The lowest BCUT2D eigenvalue weighted by molar-refractivity contribution is 0.0937. The molecule has 2 amide bonds. The van der Waals surface area contributed by atoms with E-state index < -0.39 is 0 Å². The number of ether oxygens (including phenoxy) is 1. The van der Waals surface area contributed by atoms with E-state index in [0.717, 1.165) is 25.0 Å². The van der Waals surface area contributed by atoms with Gasteiger partial charge in [0.05, 0.1) is 6.61 Å². The molecule has 0 heterocycles. The first kappa shape index (κ1) is 25.3. The van der Waals surface area contributed by atoms with Crippen molar-refractivity contribution >= 4 is 34.8 Å². The molecule has 0 aromatic heterocycles. The van der Waals surface area contributed by atoms with Crippen LogP contribution in [0.2, 0.25) is 0 Å². The molecule has 0 saturated heterocycles. The zero-order chi connectivity index (χ0) is 23.3. The Kier molecular flexibility index (Phi) is 10.7. The van der Waals surface area contributed by atoms with Crippen LogP contribution in [-0.2, 0) is 0 Å². The molecule has 0 aliphatic carbocycles. The molecule has 2 aromatic rings. The van der Waals surface area contributed by atoms with E-state index in [9.17, 15) is 9.59 Å². The number of rotatable bonds is 11. The molecule has 7 heteroatoms. The van der Waals surface area contributed by atoms with Crippen molar-refractivity contribution in [3.63, 3.8) is 0 Å². The molecule has 0 bridgehead atoms. The van der Waals surface area contributed by atoms with Crippen molar-refractivity contribution in [2.24, 2.45) is 0 Å². The van der Waals surface area contributed by atoms with Gasteiger partial charge in [-0.25, -0.2) is 0 Å². The molecule has 1 atom stereocenters. The number of unbranched alkanes of at least 4 members (excludes halogenated alkanes) is 3. The van der Waals surface area contributed by atoms with Gasteiger partial charge in [-0.1, -0.05) is 39.2 Å². The first-order valence-electron chi connectivity index (χ1n) is 11.2. The minimum atomic E-state index is -0.317. The van der Waals surface area contributed by atoms with Gasteiger partial charge in [-0.3, -0.25) is 14.9 Å². The van der Waals surface area contributed by atoms with Crippen molar-refractivity contribution in [1.82, 2.24) is 10.6 Å². The molecule has 0 aliphatic heterocycles. The largest absolute Gasteiger partial charge is 0.494 e. The third kappa shape index (κ3) is 8.67. The van der Waals surface area contributed by atoms with Crippen LogP contribution in [0.3, 0.4) is 0 Å². The topological polar surface area (TPSA) is 79.5 Å². The summed E-state index contributed by atoms with van der Waals surface area (Å²) in [6.07, 6.45) is 5.45. The van der Waals surface area contributed by atoms with Crippen LogP contribution in [0.25, 0.3) is 0 Å². The zero-order valence-corrected chi connectivity index (χ0v) is 19.9. The van der Waals surface area contributed by atoms with Gasteiger partial charge < -0.3 is 15.4 Å². The highest BCUT2D eigenvalue weighted by Crippen LogP contribution is 2.14. The summed E-state index contributed by atoms with van der Waals surface area (Å²) in [7, 11) is 0. The molecule has 0 aliphatic rings. The Labute approximate surface area is 196 Å². The molecule has 0 spiro atoms. The molecule has 0 fully saturated rings. The molecule has 1 unspecified atom stereocenters. The van der Waals surface area contributed by atoms with Gasteiger partial charge in [0.25, 0.3) is 11.8 Å². The van der Waals surface area contributed by atoms with Crippen LogP contribution >= 0.6 is 12.2 Å². The Morgan fingerprint density at radius 3 is 2.41 bits per heavy atom. The van der Waals surface area contributed by atoms with Crippen LogP contribution < -0.4 is 20.7 Å². The summed E-state index contributed by atoms with van der Waals surface area (Å²) in [5, 5.41) is 8.70. The molecular weight excluding hydrogens is 422 g/mol. The van der Waals surface area contributed by atoms with Crippen molar-refractivity contribution < 1.29 is 14.3 Å². The second-order valence-electron chi connectivity index (χ2n) is 7.71. The summed E-state index contributed by atoms with van der Waals surface area (Å²) in [4.78, 5) is 24.8. The van der Waals surface area contributed by atoms with E-state index in [1.807, 2.05) is 13.8 Å². The lowest BCUT2D eigenvalue weighted by Gasteiger charge is -2.13. The smallest absolute Gasteiger partial charge is 0.257 e. The second-order valence-corrected chi connectivity index (χ2v) is 8.11. The monoisotopic (exact) mass is 455 g/mol. The first-order chi connectivity index (χ1) is 15.4. The maximum absolute atomic E-state index is 12.5. The quantitative estimate of drug-likeness (QED) is 0.316. The molecule has 2 rings (SSSR count). The van der Waals surface area contributed by atoms with E-state index >= 15 is 0 Å². The number of amides is 2. The lowest BCUT2D eigenvalue weighted by Crippen LogP contribution is -2.34. The SMILES string of the molecule is CCCCCCOc1ccc(C(=O)NC(=S)Nc2cccc(C(=O)NC(C)CC)c2)cc1. The van der Waals surface area contributed by atoms with E-state index in [-0.39, 0.29) is 23.0 Å². The van der Waals surface area contributed by atoms with Gasteiger partial charge in [0.1, 0.15) is 5.75 Å². The fourth-order valence-corrected chi connectivity index (χ4v) is 3.12. The number of nitrogens with one attached hydrogen (secondary N) is 3. The minimum absolute atomic E-state index is 0.0947. The Bertz CT molecular complexity index is 900. The van der Waals surface area contributed by atoms with Gasteiger partial charge in [-0.2, -0.15) is 0 Å². The summed E-state index contributed by atoms with van der Waals surface area (Å²) in [6, 6.07) is 14.1. The summed E-state index contributed by atoms with van der Waals surface area (Å²) in [5.41, 5.74) is 1.63. The number of anilines is 1. The number of hydrogen-bond acceptors (Lipinski definition) is 4. The lowest BCUT2D eigenvalue weighted by atomic mass is 10.1. The molecule has 3 N–H and O–H groups in total. The van der Waals surface area contributed by atoms with Crippen LogP contribution in [0, 0.1) is 0 Å². The molecule has 0 radical (unpaired) electrons. The average molecular weight is 456 g/mol. The fraction of sp³-hybridized carbons (Fsp3) is 0.400. The van der Waals surface area contributed by atoms with Crippen molar-refractivity contribution in [3.05, 3.63) is 59.7 Å². The number of carbonyl (C=O) groups excluding carboxylic acids is 2.